The number of aliphatic imine (C=N–C) groups is 1. The predicted molar refractivity (Wildman–Crippen MR) is 78.4 cm³/mol. The fourth-order valence-corrected chi connectivity index (χ4v) is 1.64. The molecule has 0 unspecified atom stereocenters. The van der Waals surface area contributed by atoms with Crippen LogP contribution in [-0.4, -0.2) is 26.4 Å². The molecule has 0 spiro atoms. The van der Waals surface area contributed by atoms with E-state index in [-0.39, 0.29) is 11.6 Å². The summed E-state index contributed by atoms with van der Waals surface area (Å²) in [5, 5.41) is 9.85. The van der Waals surface area contributed by atoms with Crippen LogP contribution in [0, 0.1) is 5.82 Å². The molecule has 0 saturated carbocycles. The minimum atomic E-state index is -0.311. The third-order valence-corrected chi connectivity index (χ3v) is 2.70. The molecule has 0 aromatic heterocycles. The summed E-state index contributed by atoms with van der Waals surface area (Å²) in [5.41, 5.74) is 2.33. The van der Waals surface area contributed by atoms with Crippen LogP contribution in [0.4, 0.5) is 10.1 Å². The van der Waals surface area contributed by atoms with Crippen LogP contribution in [0.25, 0.3) is 0 Å². The normalized spacial score (nSPS) is 10.8. The second kappa shape index (κ2) is 5.74. The van der Waals surface area contributed by atoms with E-state index in [2.05, 4.69) is 4.99 Å². The fraction of sp³-hybridized carbons (Fsp3) is 0.0714. The summed E-state index contributed by atoms with van der Waals surface area (Å²) in [7, 11) is 7.58. The predicted octanol–water partition coefficient (Wildman–Crippen LogP) is 1.45. The number of halogens is 1. The molecule has 0 atom stereocenters. The zero-order chi connectivity index (χ0) is 13.8. The number of aromatic hydroxyl groups is 1. The SMILES string of the molecule is [B]c1cc([B]C)cc(C=Nc2ccc(F)cc2)c1O. The van der Waals surface area contributed by atoms with Crippen molar-refractivity contribution in [2.75, 3.05) is 0 Å². The van der Waals surface area contributed by atoms with Gasteiger partial charge in [-0.15, -0.1) is 0 Å². The van der Waals surface area contributed by atoms with Crippen molar-refractivity contribution in [2.24, 2.45) is 4.99 Å². The molecule has 0 bridgehead atoms. The zero-order valence-corrected chi connectivity index (χ0v) is 10.5. The molecular formula is C14H11B2FNO. The maximum atomic E-state index is 12.8. The summed E-state index contributed by atoms with van der Waals surface area (Å²) < 4.78 is 12.8. The van der Waals surface area contributed by atoms with Crippen LogP contribution in [0.15, 0.2) is 41.4 Å². The van der Waals surface area contributed by atoms with Gasteiger partial charge in [0, 0.05) is 11.8 Å². The molecule has 91 valence electrons. The van der Waals surface area contributed by atoms with Gasteiger partial charge in [-0.25, -0.2) is 4.39 Å². The topological polar surface area (TPSA) is 32.6 Å². The second-order valence-electron chi connectivity index (χ2n) is 4.07. The van der Waals surface area contributed by atoms with Gasteiger partial charge < -0.3 is 5.11 Å². The van der Waals surface area contributed by atoms with Crippen molar-refractivity contribution < 1.29 is 9.50 Å². The van der Waals surface area contributed by atoms with Gasteiger partial charge in [-0.2, -0.15) is 0 Å². The van der Waals surface area contributed by atoms with E-state index in [1.165, 1.54) is 18.3 Å². The van der Waals surface area contributed by atoms with Crippen molar-refractivity contribution in [1.82, 2.24) is 0 Å². The number of hydrogen-bond donors (Lipinski definition) is 1. The Morgan fingerprint density at radius 1 is 1.26 bits per heavy atom. The number of benzene rings is 2. The molecule has 2 aromatic rings. The monoisotopic (exact) mass is 250 g/mol. The number of phenolic OH excluding ortho intramolecular Hbond substituents is 1. The molecule has 0 aliphatic rings. The number of hydrogen-bond acceptors (Lipinski definition) is 2. The van der Waals surface area contributed by atoms with Crippen LogP contribution in [0.5, 0.6) is 5.75 Å². The standard InChI is InChI=1S/C14H11B2FNO/c1-16-10-6-9(14(19)13(15)7-10)8-18-12-4-2-11(17)3-5-12/h2-8,19H,1H3. The minimum absolute atomic E-state index is 0.00328. The zero-order valence-electron chi connectivity index (χ0n) is 10.5. The molecule has 0 saturated heterocycles. The van der Waals surface area contributed by atoms with Crippen molar-refractivity contribution in [3.05, 3.63) is 47.8 Å². The Bertz CT molecular complexity index is 612. The number of nitrogens with zero attached hydrogens (tertiary/aromatic N) is 1. The first-order valence-electron chi connectivity index (χ1n) is 5.81. The van der Waals surface area contributed by atoms with Crippen LogP contribution < -0.4 is 10.9 Å². The highest BCUT2D eigenvalue weighted by molar-refractivity contribution is 6.53. The molecule has 19 heavy (non-hydrogen) atoms. The molecule has 2 nitrogen and oxygen atoms in total. The average molecular weight is 250 g/mol. The van der Waals surface area contributed by atoms with E-state index < -0.39 is 0 Å². The van der Waals surface area contributed by atoms with Gasteiger partial charge >= 0.3 is 0 Å². The van der Waals surface area contributed by atoms with Crippen molar-refractivity contribution in [2.45, 2.75) is 6.82 Å². The molecule has 0 aliphatic heterocycles. The van der Waals surface area contributed by atoms with Crippen molar-refractivity contribution >= 4 is 38.0 Å². The molecule has 0 aliphatic carbocycles. The van der Waals surface area contributed by atoms with Crippen LogP contribution in [-0.2, 0) is 0 Å². The summed E-state index contributed by atoms with van der Waals surface area (Å²) in [6, 6.07) is 9.24. The molecule has 5 heteroatoms. The lowest BCUT2D eigenvalue weighted by atomic mass is 9.71. The minimum Gasteiger partial charge on any atom is -0.508 e. The highest BCUT2D eigenvalue weighted by Gasteiger charge is 2.04. The number of phenols is 1. The van der Waals surface area contributed by atoms with Crippen LogP contribution in [0.2, 0.25) is 6.82 Å². The fourth-order valence-electron chi connectivity index (χ4n) is 1.64. The van der Waals surface area contributed by atoms with Gasteiger partial charge in [-0.1, -0.05) is 29.9 Å². The Labute approximate surface area is 113 Å². The van der Waals surface area contributed by atoms with Gasteiger partial charge in [0.2, 0.25) is 0 Å². The van der Waals surface area contributed by atoms with Gasteiger partial charge in [-0.3, -0.25) is 4.99 Å². The van der Waals surface area contributed by atoms with E-state index in [1.807, 2.05) is 14.1 Å². The van der Waals surface area contributed by atoms with Crippen LogP contribution in [0.1, 0.15) is 5.56 Å². The van der Waals surface area contributed by atoms with Gasteiger partial charge in [0.15, 0.2) is 0 Å². The largest absolute Gasteiger partial charge is 0.508 e. The van der Waals surface area contributed by atoms with Gasteiger partial charge in [0.25, 0.3) is 0 Å². The molecule has 3 radical (unpaired) electrons. The first-order chi connectivity index (χ1) is 9.10. The van der Waals surface area contributed by atoms with Crippen molar-refractivity contribution in [3.63, 3.8) is 0 Å². The van der Waals surface area contributed by atoms with Gasteiger partial charge in [0.05, 0.1) is 5.69 Å². The third kappa shape index (κ3) is 3.25. The van der Waals surface area contributed by atoms with E-state index in [0.29, 0.717) is 16.7 Å². The van der Waals surface area contributed by atoms with Crippen LogP contribution >= 0.6 is 0 Å². The summed E-state index contributed by atoms with van der Waals surface area (Å²) >= 11 is 0. The van der Waals surface area contributed by atoms with E-state index in [9.17, 15) is 9.50 Å². The summed E-state index contributed by atoms with van der Waals surface area (Å²) in [6.07, 6.45) is 1.51. The van der Waals surface area contributed by atoms with Gasteiger partial charge in [-0.05, 0) is 24.3 Å². The van der Waals surface area contributed by atoms with Crippen molar-refractivity contribution in [3.8, 4) is 5.75 Å². The first-order valence-corrected chi connectivity index (χ1v) is 5.81. The number of rotatable bonds is 3. The Morgan fingerprint density at radius 3 is 2.58 bits per heavy atom. The summed E-state index contributed by atoms with van der Waals surface area (Å²) in [6.45, 7) is 1.88. The van der Waals surface area contributed by atoms with E-state index in [0.717, 1.165) is 5.46 Å². The summed E-state index contributed by atoms with van der Waals surface area (Å²) in [4.78, 5) is 4.17. The lowest BCUT2D eigenvalue weighted by Crippen LogP contribution is -2.19. The van der Waals surface area contributed by atoms with E-state index in [4.69, 9.17) is 7.85 Å². The lowest BCUT2D eigenvalue weighted by molar-refractivity contribution is 0.479. The van der Waals surface area contributed by atoms with Crippen molar-refractivity contribution in [1.29, 1.82) is 0 Å². The molecule has 0 fully saturated rings. The molecule has 2 aromatic carbocycles. The Balaban J connectivity index is 2.32. The Hall–Kier alpha value is -2.03. The Morgan fingerprint density at radius 2 is 1.95 bits per heavy atom. The van der Waals surface area contributed by atoms with Gasteiger partial charge in [0.1, 0.15) is 26.7 Å². The molecule has 2 rings (SSSR count). The Kier molecular flexibility index (Phi) is 4.05. The summed E-state index contributed by atoms with van der Waals surface area (Å²) in [5.74, 6) is -0.315. The maximum Gasteiger partial charge on any atom is 0.148 e. The third-order valence-electron chi connectivity index (χ3n) is 2.70. The highest BCUT2D eigenvalue weighted by Crippen LogP contribution is 2.14. The quantitative estimate of drug-likeness (QED) is 0.648. The van der Waals surface area contributed by atoms with E-state index in [1.54, 1.807) is 24.3 Å². The molecule has 0 heterocycles. The molecular weight excluding hydrogens is 239 g/mol. The first kappa shape index (κ1) is 13.4. The average Bonchev–Trinajstić information content (AvgIpc) is 2.42. The smallest absolute Gasteiger partial charge is 0.148 e. The highest BCUT2D eigenvalue weighted by atomic mass is 19.1. The van der Waals surface area contributed by atoms with Crippen LogP contribution in [0.3, 0.4) is 0 Å². The molecule has 1 N–H and O–H groups in total. The maximum absolute atomic E-state index is 12.8. The second-order valence-corrected chi connectivity index (χ2v) is 4.07. The molecule has 0 amide bonds. The van der Waals surface area contributed by atoms with E-state index >= 15 is 0 Å². The lowest BCUT2D eigenvalue weighted by Gasteiger charge is -2.06.